The van der Waals surface area contributed by atoms with E-state index in [-0.39, 0.29) is 0 Å². The topological polar surface area (TPSA) is 13.1 Å². The second kappa shape index (κ2) is 17.2. The largest absolute Gasteiger partial charge is 0.456 e. The van der Waals surface area contributed by atoms with Crippen LogP contribution in [0.15, 0.2) is 283 Å². The fraction of sp³-hybridized carbons (Fsp3) is 0. The lowest BCUT2D eigenvalue weighted by Crippen LogP contribution is -1.91. The van der Waals surface area contributed by atoms with Gasteiger partial charge in [0.1, 0.15) is 11.2 Å². The molecule has 0 spiro atoms. The molecule has 1 heterocycles. The first-order valence-corrected chi connectivity index (χ1v) is 26.6. The maximum Gasteiger partial charge on any atom is 0.135 e. The lowest BCUT2D eigenvalue weighted by Gasteiger charge is -2.18. The van der Waals surface area contributed by atoms with Gasteiger partial charge < -0.3 is 4.42 Å². The van der Waals surface area contributed by atoms with Crippen LogP contribution >= 0.6 is 0 Å². The molecule has 0 N–H and O–H groups in total. The van der Waals surface area contributed by atoms with Gasteiger partial charge in [-0.05, 0) is 191 Å². The lowest BCUT2D eigenvalue weighted by molar-refractivity contribution is 0.669. The second-order valence-electron chi connectivity index (χ2n) is 20.7. The first-order chi connectivity index (χ1) is 38.1. The summed E-state index contributed by atoms with van der Waals surface area (Å²) >= 11 is 0. The Morgan fingerprint density at radius 2 is 0.442 bits per heavy atom. The molecule has 0 aliphatic carbocycles. The number of hydrogen-bond donors (Lipinski definition) is 0. The monoisotopic (exact) mass is 974 g/mol. The molecule has 356 valence electrons. The first-order valence-electron chi connectivity index (χ1n) is 26.6. The molecular weight excluding hydrogens is 929 g/mol. The summed E-state index contributed by atoms with van der Waals surface area (Å²) in [5.41, 5.74) is 16.5. The van der Waals surface area contributed by atoms with E-state index >= 15 is 0 Å². The Balaban J connectivity index is 0.786. The lowest BCUT2D eigenvalue weighted by atomic mass is 9.85. The summed E-state index contributed by atoms with van der Waals surface area (Å²) in [6.45, 7) is 0. The summed E-state index contributed by atoms with van der Waals surface area (Å²) in [5.74, 6) is 0. The van der Waals surface area contributed by atoms with Crippen molar-refractivity contribution in [3.05, 3.63) is 279 Å². The smallest absolute Gasteiger partial charge is 0.135 e. The van der Waals surface area contributed by atoms with Gasteiger partial charge >= 0.3 is 0 Å². The van der Waals surface area contributed by atoms with Gasteiger partial charge in [0.05, 0.1) is 0 Å². The minimum Gasteiger partial charge on any atom is -0.456 e. The van der Waals surface area contributed by atoms with E-state index in [0.717, 1.165) is 21.9 Å². The third-order valence-electron chi connectivity index (χ3n) is 16.4. The predicted octanol–water partition coefficient (Wildman–Crippen LogP) is 21.7. The van der Waals surface area contributed by atoms with E-state index in [1.54, 1.807) is 0 Å². The van der Waals surface area contributed by atoms with Crippen LogP contribution in [0.5, 0.6) is 0 Å². The Kier molecular flexibility index (Phi) is 9.71. The van der Waals surface area contributed by atoms with Crippen molar-refractivity contribution in [3.63, 3.8) is 0 Å². The van der Waals surface area contributed by atoms with Crippen LogP contribution in [-0.2, 0) is 0 Å². The molecule has 16 rings (SSSR count). The Labute approximate surface area is 445 Å². The van der Waals surface area contributed by atoms with E-state index in [0.29, 0.717) is 0 Å². The molecule has 1 nitrogen and oxygen atoms in total. The number of furan rings is 1. The second-order valence-corrected chi connectivity index (χ2v) is 20.7. The molecule has 0 aliphatic heterocycles. The van der Waals surface area contributed by atoms with Gasteiger partial charge in [0, 0.05) is 10.8 Å². The third kappa shape index (κ3) is 7.02. The van der Waals surface area contributed by atoms with Crippen LogP contribution in [0.4, 0.5) is 0 Å². The average Bonchev–Trinajstić information content (AvgIpc) is 3.90. The molecule has 0 radical (unpaired) electrons. The maximum absolute atomic E-state index is 6.27. The zero-order valence-electron chi connectivity index (χ0n) is 42.0. The molecule has 0 unspecified atom stereocenters. The molecule has 16 aromatic rings. The minimum atomic E-state index is 0.907. The van der Waals surface area contributed by atoms with Gasteiger partial charge in [-0.25, -0.2) is 0 Å². The molecule has 0 amide bonds. The Morgan fingerprint density at radius 1 is 0.156 bits per heavy atom. The Hall–Kier alpha value is -10.1. The highest BCUT2D eigenvalue weighted by atomic mass is 16.3. The number of hydrogen-bond acceptors (Lipinski definition) is 1. The van der Waals surface area contributed by atoms with Crippen molar-refractivity contribution in [2.24, 2.45) is 0 Å². The van der Waals surface area contributed by atoms with Crippen LogP contribution < -0.4 is 0 Å². The molecule has 0 saturated heterocycles. The zero-order valence-corrected chi connectivity index (χ0v) is 42.0. The van der Waals surface area contributed by atoms with Crippen LogP contribution in [0, 0.1) is 0 Å². The van der Waals surface area contributed by atoms with E-state index in [9.17, 15) is 0 Å². The predicted molar refractivity (Wildman–Crippen MR) is 329 cm³/mol. The van der Waals surface area contributed by atoms with Crippen LogP contribution in [-0.4, -0.2) is 0 Å². The first kappa shape index (κ1) is 43.3. The van der Waals surface area contributed by atoms with Gasteiger partial charge in [0.15, 0.2) is 0 Å². The highest BCUT2D eigenvalue weighted by Crippen LogP contribution is 2.47. The molecule has 0 atom stereocenters. The van der Waals surface area contributed by atoms with Crippen molar-refractivity contribution in [2.75, 3.05) is 0 Å². The van der Waals surface area contributed by atoms with Gasteiger partial charge in [-0.3, -0.25) is 0 Å². The van der Waals surface area contributed by atoms with Crippen molar-refractivity contribution in [1.29, 1.82) is 0 Å². The normalized spacial score (nSPS) is 11.9. The van der Waals surface area contributed by atoms with E-state index < -0.39 is 0 Å². The van der Waals surface area contributed by atoms with Crippen LogP contribution in [0.25, 0.3) is 164 Å². The summed E-state index contributed by atoms with van der Waals surface area (Å²) in [6.07, 6.45) is 0. The molecule has 0 fully saturated rings. The van der Waals surface area contributed by atoms with Crippen molar-refractivity contribution < 1.29 is 4.42 Å². The zero-order chi connectivity index (χ0) is 50.6. The summed E-state index contributed by atoms with van der Waals surface area (Å²) in [5, 5.41) is 19.6. The van der Waals surface area contributed by atoms with Gasteiger partial charge in [-0.1, -0.05) is 231 Å². The quantitative estimate of drug-likeness (QED) is 0.151. The number of rotatable bonds is 6. The Morgan fingerprint density at radius 3 is 0.922 bits per heavy atom. The standard InChI is InChI=1S/C76H46O/c1-2-14-52-41-53(34-27-47(52)13-1)48-25-32-51(33-26-48)73-62-16-3-5-18-64(62)74(65-19-6-4-17-63(65)73)56-37-30-49-28-35-54(42-59(49)44-56)55-36-29-50-31-38-57(45-60(50)43-55)75-66-20-7-9-22-68(66)76(69-23-10-8-21-67(69)75)58-39-40-72-70(46-58)61-15-11-12-24-71(61)77-72/h1-46H. The van der Waals surface area contributed by atoms with Crippen molar-refractivity contribution in [3.8, 4) is 66.8 Å². The van der Waals surface area contributed by atoms with Crippen molar-refractivity contribution in [1.82, 2.24) is 0 Å². The molecular formula is C76H46O. The highest BCUT2D eigenvalue weighted by Gasteiger charge is 2.20. The number of fused-ring (bicyclic) bond motifs is 10. The summed E-state index contributed by atoms with van der Waals surface area (Å²) in [4.78, 5) is 0. The van der Waals surface area contributed by atoms with E-state index in [1.165, 1.54) is 142 Å². The van der Waals surface area contributed by atoms with Crippen LogP contribution in [0.2, 0.25) is 0 Å². The van der Waals surface area contributed by atoms with Gasteiger partial charge in [0.2, 0.25) is 0 Å². The molecule has 1 aromatic heterocycles. The summed E-state index contributed by atoms with van der Waals surface area (Å²) < 4.78 is 6.27. The Bertz CT molecular complexity index is 4980. The summed E-state index contributed by atoms with van der Waals surface area (Å²) in [6, 6.07) is 103. The fourth-order valence-corrected chi connectivity index (χ4v) is 12.7. The minimum absolute atomic E-state index is 0.907. The maximum atomic E-state index is 6.27. The van der Waals surface area contributed by atoms with E-state index in [1.807, 2.05) is 6.07 Å². The molecule has 15 aromatic carbocycles. The SMILES string of the molecule is c1ccc2cc(-c3ccc(-c4c5ccccc5c(-c5ccc6ccc(-c7ccc8ccc(-c9c%10ccccc%10c(-c%10ccc%11oc%12ccccc%12c%11c%10)c%10ccccc9%10)cc8c7)cc6c5)c5ccccc45)cc3)ccc2c1. The van der Waals surface area contributed by atoms with Crippen molar-refractivity contribution in [2.45, 2.75) is 0 Å². The molecule has 0 aliphatic rings. The van der Waals surface area contributed by atoms with Gasteiger partial charge in [-0.2, -0.15) is 0 Å². The molecule has 77 heavy (non-hydrogen) atoms. The average molecular weight is 975 g/mol. The molecule has 0 saturated carbocycles. The van der Waals surface area contributed by atoms with Crippen LogP contribution in [0.3, 0.4) is 0 Å². The van der Waals surface area contributed by atoms with Crippen molar-refractivity contribution >= 4 is 97.3 Å². The molecule has 0 bridgehead atoms. The third-order valence-corrected chi connectivity index (χ3v) is 16.4. The van der Waals surface area contributed by atoms with Crippen LogP contribution in [0.1, 0.15) is 0 Å². The number of benzene rings is 15. The summed E-state index contributed by atoms with van der Waals surface area (Å²) in [7, 11) is 0. The van der Waals surface area contributed by atoms with E-state index in [4.69, 9.17) is 4.42 Å². The fourth-order valence-electron chi connectivity index (χ4n) is 12.7. The van der Waals surface area contributed by atoms with E-state index in [2.05, 4.69) is 273 Å². The highest BCUT2D eigenvalue weighted by molar-refractivity contribution is 6.24. The van der Waals surface area contributed by atoms with Gasteiger partial charge in [-0.15, -0.1) is 0 Å². The molecule has 1 heteroatoms. The van der Waals surface area contributed by atoms with Gasteiger partial charge in [0.25, 0.3) is 0 Å². The number of para-hydroxylation sites is 1.